The first-order chi connectivity index (χ1) is 18.1. The molecule has 6 heteroatoms. The first-order valence-corrected chi connectivity index (χ1v) is 13.9. The number of aliphatic hydroxyl groups is 1. The van der Waals surface area contributed by atoms with Gasteiger partial charge in [-0.25, -0.2) is 0 Å². The van der Waals surface area contributed by atoms with Gasteiger partial charge in [0.15, 0.2) is 0 Å². The SMILES string of the molecule is COCCCN(CC(=O)N(CCc1c[nH]c2ccccc12)Cc1ccc(C(C)(C)C)cc1)C[C@H](O)C(C)C. The van der Waals surface area contributed by atoms with Crippen molar-refractivity contribution >= 4 is 16.8 Å². The highest BCUT2D eigenvalue weighted by Gasteiger charge is 2.22. The first-order valence-electron chi connectivity index (χ1n) is 13.9. The van der Waals surface area contributed by atoms with Crippen molar-refractivity contribution in [1.82, 2.24) is 14.8 Å². The molecule has 1 heterocycles. The normalized spacial score (nSPS) is 13.0. The Hall–Kier alpha value is -2.67. The molecule has 1 atom stereocenters. The highest BCUT2D eigenvalue weighted by atomic mass is 16.5. The predicted molar refractivity (Wildman–Crippen MR) is 156 cm³/mol. The van der Waals surface area contributed by atoms with Gasteiger partial charge in [-0.3, -0.25) is 9.69 Å². The number of ether oxygens (including phenoxy) is 1. The summed E-state index contributed by atoms with van der Waals surface area (Å²) in [5, 5.41) is 11.8. The highest BCUT2D eigenvalue weighted by molar-refractivity contribution is 5.83. The molecule has 0 aliphatic carbocycles. The fourth-order valence-electron chi connectivity index (χ4n) is 4.65. The van der Waals surface area contributed by atoms with Gasteiger partial charge in [0.2, 0.25) is 5.91 Å². The molecule has 1 aromatic heterocycles. The average Bonchev–Trinajstić information content (AvgIpc) is 3.29. The number of fused-ring (bicyclic) bond motifs is 1. The number of nitrogens with zero attached hydrogens (tertiary/aromatic N) is 2. The lowest BCUT2D eigenvalue weighted by Crippen LogP contribution is -2.44. The summed E-state index contributed by atoms with van der Waals surface area (Å²) in [5.74, 6) is 0.215. The molecule has 0 fully saturated rings. The Morgan fingerprint density at radius 1 is 1.05 bits per heavy atom. The van der Waals surface area contributed by atoms with Crippen molar-refractivity contribution < 1.29 is 14.6 Å². The Morgan fingerprint density at radius 3 is 2.42 bits per heavy atom. The number of hydrogen-bond acceptors (Lipinski definition) is 4. The van der Waals surface area contributed by atoms with Crippen LogP contribution in [0.2, 0.25) is 0 Å². The van der Waals surface area contributed by atoms with E-state index in [0.29, 0.717) is 32.8 Å². The summed E-state index contributed by atoms with van der Waals surface area (Å²) in [5.41, 5.74) is 4.82. The second-order valence-corrected chi connectivity index (χ2v) is 11.8. The number of aliphatic hydroxyl groups excluding tert-OH is 1. The molecular weight excluding hydrogens is 474 g/mol. The summed E-state index contributed by atoms with van der Waals surface area (Å²) in [6, 6.07) is 16.9. The molecule has 0 spiro atoms. The lowest BCUT2D eigenvalue weighted by molar-refractivity contribution is -0.133. The fourth-order valence-corrected chi connectivity index (χ4v) is 4.65. The fraction of sp³-hybridized carbons (Fsp3) is 0.531. The first kappa shape index (κ1) is 29.9. The second kappa shape index (κ2) is 13.9. The van der Waals surface area contributed by atoms with Gasteiger partial charge >= 0.3 is 0 Å². The maximum atomic E-state index is 13.8. The van der Waals surface area contributed by atoms with Crippen LogP contribution in [0, 0.1) is 5.92 Å². The third-order valence-electron chi connectivity index (χ3n) is 7.27. The van der Waals surface area contributed by atoms with Crippen LogP contribution in [-0.2, 0) is 27.9 Å². The van der Waals surface area contributed by atoms with Crippen molar-refractivity contribution in [1.29, 1.82) is 0 Å². The topological polar surface area (TPSA) is 68.8 Å². The largest absolute Gasteiger partial charge is 0.392 e. The quantitative estimate of drug-likeness (QED) is 0.279. The Balaban J connectivity index is 1.78. The number of amides is 1. The molecular formula is C32H47N3O3. The van der Waals surface area contributed by atoms with Gasteiger partial charge in [0, 0.05) is 57.0 Å². The number of aromatic amines is 1. The summed E-state index contributed by atoms with van der Waals surface area (Å²) in [6.07, 6.45) is 3.17. The molecule has 0 saturated carbocycles. The van der Waals surface area contributed by atoms with E-state index in [1.165, 1.54) is 16.5 Å². The van der Waals surface area contributed by atoms with Gasteiger partial charge in [0.25, 0.3) is 0 Å². The number of benzene rings is 2. The summed E-state index contributed by atoms with van der Waals surface area (Å²) < 4.78 is 5.24. The molecule has 1 amide bonds. The van der Waals surface area contributed by atoms with Gasteiger partial charge in [0.1, 0.15) is 0 Å². The number of rotatable bonds is 14. The van der Waals surface area contributed by atoms with Crippen LogP contribution < -0.4 is 0 Å². The zero-order chi connectivity index (χ0) is 27.7. The molecule has 3 rings (SSSR count). The Kier molecular flexibility index (Phi) is 11.0. The smallest absolute Gasteiger partial charge is 0.237 e. The Labute approximate surface area is 229 Å². The van der Waals surface area contributed by atoms with Crippen molar-refractivity contribution in [2.45, 2.75) is 65.5 Å². The van der Waals surface area contributed by atoms with Crippen molar-refractivity contribution in [3.63, 3.8) is 0 Å². The van der Waals surface area contributed by atoms with E-state index in [2.05, 4.69) is 79.3 Å². The maximum Gasteiger partial charge on any atom is 0.237 e. The molecule has 208 valence electrons. The summed E-state index contributed by atoms with van der Waals surface area (Å²) in [6.45, 7) is 13.9. The van der Waals surface area contributed by atoms with Gasteiger partial charge in [-0.2, -0.15) is 0 Å². The standard InChI is InChI=1S/C32H47N3O3/c1-24(2)30(36)22-34(17-9-19-38-6)23-31(37)35(21-25-12-14-27(15-13-25)32(3,4)5)18-16-26-20-33-29-11-8-7-10-28(26)29/h7-8,10-15,20,24,30,33,36H,9,16-19,21-23H2,1-6H3/t30-/m0/s1. The molecule has 0 saturated heterocycles. The third-order valence-corrected chi connectivity index (χ3v) is 7.27. The van der Waals surface area contributed by atoms with E-state index < -0.39 is 6.10 Å². The van der Waals surface area contributed by atoms with E-state index in [1.54, 1.807) is 7.11 Å². The lowest BCUT2D eigenvalue weighted by atomic mass is 9.87. The van der Waals surface area contributed by atoms with E-state index in [4.69, 9.17) is 4.74 Å². The van der Waals surface area contributed by atoms with Crippen molar-refractivity contribution in [3.05, 3.63) is 71.4 Å². The van der Waals surface area contributed by atoms with Crippen LogP contribution in [0.5, 0.6) is 0 Å². The average molecular weight is 522 g/mol. The molecule has 2 aromatic carbocycles. The van der Waals surface area contributed by atoms with Crippen LogP contribution in [0.15, 0.2) is 54.7 Å². The van der Waals surface area contributed by atoms with E-state index in [0.717, 1.165) is 23.9 Å². The molecule has 3 aromatic rings. The number of methoxy groups -OCH3 is 1. The number of carbonyl (C=O) groups excluding carboxylic acids is 1. The van der Waals surface area contributed by atoms with Crippen LogP contribution in [0.25, 0.3) is 10.9 Å². The predicted octanol–water partition coefficient (Wildman–Crippen LogP) is 5.39. The number of H-pyrrole nitrogens is 1. The molecule has 2 N–H and O–H groups in total. The van der Waals surface area contributed by atoms with Crippen LogP contribution in [0.4, 0.5) is 0 Å². The lowest BCUT2D eigenvalue weighted by Gasteiger charge is -2.30. The van der Waals surface area contributed by atoms with Crippen LogP contribution in [0.3, 0.4) is 0 Å². The van der Waals surface area contributed by atoms with Crippen molar-refractivity contribution in [3.8, 4) is 0 Å². The molecule has 38 heavy (non-hydrogen) atoms. The number of hydrogen-bond donors (Lipinski definition) is 2. The van der Waals surface area contributed by atoms with Crippen molar-refractivity contribution in [2.24, 2.45) is 5.92 Å². The minimum atomic E-state index is -0.477. The Bertz CT molecular complexity index is 1130. The maximum absolute atomic E-state index is 13.8. The summed E-state index contributed by atoms with van der Waals surface area (Å²) in [4.78, 5) is 21.2. The minimum Gasteiger partial charge on any atom is -0.392 e. The van der Waals surface area contributed by atoms with Gasteiger partial charge < -0.3 is 19.7 Å². The minimum absolute atomic E-state index is 0.0816. The molecule has 0 bridgehead atoms. The zero-order valence-corrected chi connectivity index (χ0v) is 24.2. The molecule has 0 radical (unpaired) electrons. The molecule has 0 aliphatic heterocycles. The van der Waals surface area contributed by atoms with Gasteiger partial charge in [-0.05, 0) is 46.9 Å². The van der Waals surface area contributed by atoms with Gasteiger partial charge in [0.05, 0.1) is 12.6 Å². The second-order valence-electron chi connectivity index (χ2n) is 11.8. The van der Waals surface area contributed by atoms with Crippen LogP contribution in [-0.4, -0.2) is 71.8 Å². The van der Waals surface area contributed by atoms with E-state index in [1.807, 2.05) is 24.8 Å². The molecule has 6 nitrogen and oxygen atoms in total. The van der Waals surface area contributed by atoms with Gasteiger partial charge in [-0.1, -0.05) is 77.1 Å². The van der Waals surface area contributed by atoms with Crippen LogP contribution in [0.1, 0.15) is 57.7 Å². The van der Waals surface area contributed by atoms with E-state index >= 15 is 0 Å². The molecule has 0 unspecified atom stereocenters. The number of nitrogens with one attached hydrogen (secondary N) is 1. The molecule has 0 aliphatic rings. The van der Waals surface area contributed by atoms with E-state index in [-0.39, 0.29) is 23.8 Å². The summed E-state index contributed by atoms with van der Waals surface area (Å²) in [7, 11) is 1.69. The number of aromatic nitrogens is 1. The van der Waals surface area contributed by atoms with Gasteiger partial charge in [-0.15, -0.1) is 0 Å². The Morgan fingerprint density at radius 2 is 1.76 bits per heavy atom. The third kappa shape index (κ3) is 8.69. The monoisotopic (exact) mass is 521 g/mol. The van der Waals surface area contributed by atoms with Crippen LogP contribution >= 0.6 is 0 Å². The highest BCUT2D eigenvalue weighted by Crippen LogP contribution is 2.23. The van der Waals surface area contributed by atoms with Crippen molar-refractivity contribution in [2.75, 3.05) is 39.9 Å². The van der Waals surface area contributed by atoms with E-state index in [9.17, 15) is 9.90 Å². The number of para-hydroxylation sites is 1. The summed E-state index contributed by atoms with van der Waals surface area (Å²) >= 11 is 0. The number of carbonyl (C=O) groups is 1. The zero-order valence-electron chi connectivity index (χ0n) is 24.2.